The van der Waals surface area contributed by atoms with Crippen LogP contribution in [0.3, 0.4) is 0 Å². The maximum absolute atomic E-state index is 6.04. The largest absolute Gasteiger partial charge is 0.449 e. The second kappa shape index (κ2) is 30.5. The Balaban J connectivity index is 0.000000121. The van der Waals surface area contributed by atoms with Gasteiger partial charge in [-0.2, -0.15) is 0 Å². The molecule has 11 heteroatoms. The Kier molecular flexibility index (Phi) is 20.5. The van der Waals surface area contributed by atoms with E-state index in [0.717, 1.165) is 101 Å². The number of hydrogen-bond donors (Lipinski definition) is 0. The zero-order chi connectivity index (χ0) is 76.6. The first kappa shape index (κ1) is 74.7. The Morgan fingerprint density at radius 1 is 0.306 bits per heavy atom. The van der Waals surface area contributed by atoms with Crippen molar-refractivity contribution in [1.82, 2.24) is 0 Å². The van der Waals surface area contributed by atoms with Crippen molar-refractivity contribution in [2.45, 2.75) is 103 Å². The molecule has 0 aromatic heterocycles. The van der Waals surface area contributed by atoms with Crippen LogP contribution >= 0.6 is 95.6 Å². The summed E-state index contributed by atoms with van der Waals surface area (Å²) in [5, 5.41) is 7.31. The molecule has 0 spiro atoms. The summed E-state index contributed by atoms with van der Waals surface area (Å²) in [7, 11) is 0. The quantitative estimate of drug-likeness (QED) is 0.122. The summed E-state index contributed by atoms with van der Waals surface area (Å²) in [5.74, 6) is 2.42. The molecular formula is C100H81Br6N3O2. The van der Waals surface area contributed by atoms with Crippen LogP contribution in [-0.4, -0.2) is 5.79 Å². The molecule has 1 heterocycles. The van der Waals surface area contributed by atoms with E-state index in [9.17, 15) is 0 Å². The number of hydrogen-bond acceptors (Lipinski definition) is 5. The van der Waals surface area contributed by atoms with Crippen LogP contribution in [0.5, 0.6) is 11.5 Å². The van der Waals surface area contributed by atoms with Gasteiger partial charge in [-0.3, -0.25) is 0 Å². The normalized spacial score (nSPS) is 15.6. The van der Waals surface area contributed by atoms with Crippen LogP contribution in [0.2, 0.25) is 0 Å². The molecule has 1 aliphatic heterocycles. The molecule has 15 aromatic rings. The van der Waals surface area contributed by atoms with Gasteiger partial charge in [0, 0.05) is 91.0 Å². The lowest BCUT2D eigenvalue weighted by molar-refractivity contribution is -0.0431. The summed E-state index contributed by atoms with van der Waals surface area (Å²) in [5.41, 5.74) is 25.5. The highest BCUT2D eigenvalue weighted by Crippen LogP contribution is 2.57. The average molecular weight is 1840 g/mol. The molecule has 550 valence electrons. The van der Waals surface area contributed by atoms with Crippen molar-refractivity contribution in [3.63, 3.8) is 0 Å². The SMILES string of the molecule is CC1(C)CC(C)(C)c2cc(-c3cc(N(c4ccc(Br)cc4)c4ccc(Br)cc4)c4ccccc4c3)ccc21.CC1(C)Oc2ccc(-c3cc(N(c4ccc(Br)cc4)c4ccc(Br)cc4)c4ccccc4c3)cc2O1.Cc1cc(-c2cc(N(c3ccc(Br)cc3)c3ccc(Br)cc3)c3ccccc3c2)cc2c1C1CCC2C1. The highest BCUT2D eigenvalue weighted by atomic mass is 79.9. The van der Waals surface area contributed by atoms with Gasteiger partial charge in [0.1, 0.15) is 0 Å². The maximum Gasteiger partial charge on any atom is 0.246 e. The molecule has 0 radical (unpaired) electrons. The van der Waals surface area contributed by atoms with Gasteiger partial charge in [0.2, 0.25) is 5.79 Å². The van der Waals surface area contributed by atoms with E-state index in [1.807, 2.05) is 19.9 Å². The Bertz CT molecular complexity index is 5910. The van der Waals surface area contributed by atoms with Crippen LogP contribution in [0, 0.1) is 6.92 Å². The van der Waals surface area contributed by atoms with Crippen molar-refractivity contribution in [1.29, 1.82) is 0 Å². The fraction of sp³-hybridized carbons (Fsp3) is 0.160. The molecule has 2 atom stereocenters. The van der Waals surface area contributed by atoms with Crippen molar-refractivity contribution in [2.24, 2.45) is 0 Å². The van der Waals surface area contributed by atoms with Gasteiger partial charge in [0.15, 0.2) is 11.5 Å². The monoisotopic (exact) mass is 1830 g/mol. The van der Waals surface area contributed by atoms with Gasteiger partial charge < -0.3 is 24.2 Å². The Morgan fingerprint density at radius 2 is 0.640 bits per heavy atom. The topological polar surface area (TPSA) is 28.2 Å². The van der Waals surface area contributed by atoms with Crippen molar-refractivity contribution < 1.29 is 9.47 Å². The van der Waals surface area contributed by atoms with E-state index < -0.39 is 5.79 Å². The smallest absolute Gasteiger partial charge is 0.246 e. The molecule has 0 N–H and O–H groups in total. The molecule has 1 saturated carbocycles. The summed E-state index contributed by atoms with van der Waals surface area (Å²) < 4.78 is 18.3. The van der Waals surface area contributed by atoms with Gasteiger partial charge in [-0.25, -0.2) is 0 Å². The minimum atomic E-state index is -0.657. The van der Waals surface area contributed by atoms with Crippen molar-refractivity contribution in [2.75, 3.05) is 14.7 Å². The van der Waals surface area contributed by atoms with E-state index >= 15 is 0 Å². The van der Waals surface area contributed by atoms with E-state index in [2.05, 4.69) is 442 Å². The third-order valence-corrected chi connectivity index (χ3v) is 25.6. The Labute approximate surface area is 702 Å². The number of aryl methyl sites for hydroxylation is 1. The van der Waals surface area contributed by atoms with Crippen LogP contribution in [0.25, 0.3) is 65.7 Å². The van der Waals surface area contributed by atoms with E-state index in [1.165, 1.54) is 108 Å². The second-order valence-electron chi connectivity index (χ2n) is 31.5. The Morgan fingerprint density at radius 3 is 1.05 bits per heavy atom. The lowest BCUT2D eigenvalue weighted by Crippen LogP contribution is -2.29. The zero-order valence-corrected chi connectivity index (χ0v) is 72.3. The van der Waals surface area contributed by atoms with Crippen molar-refractivity contribution >= 4 is 179 Å². The predicted molar refractivity (Wildman–Crippen MR) is 488 cm³/mol. The lowest BCUT2D eigenvalue weighted by atomic mass is 9.82. The highest BCUT2D eigenvalue weighted by Gasteiger charge is 2.42. The average Bonchev–Trinajstić information content (AvgIpc) is 1.68. The van der Waals surface area contributed by atoms with Crippen LogP contribution in [0.1, 0.15) is 107 Å². The summed E-state index contributed by atoms with van der Waals surface area (Å²) in [6.45, 7) is 15.7. The summed E-state index contributed by atoms with van der Waals surface area (Å²) >= 11 is 21.6. The number of nitrogens with zero attached hydrogens (tertiary/aromatic N) is 3. The molecule has 0 saturated heterocycles. The number of benzene rings is 15. The predicted octanol–water partition coefficient (Wildman–Crippen LogP) is 32.6. The second-order valence-corrected chi connectivity index (χ2v) is 37.0. The van der Waals surface area contributed by atoms with Gasteiger partial charge in [0.25, 0.3) is 0 Å². The van der Waals surface area contributed by atoms with Crippen LogP contribution in [0.4, 0.5) is 51.2 Å². The molecule has 4 aliphatic rings. The van der Waals surface area contributed by atoms with Gasteiger partial charge in [-0.15, -0.1) is 0 Å². The minimum Gasteiger partial charge on any atom is -0.449 e. The molecule has 2 bridgehead atoms. The van der Waals surface area contributed by atoms with Gasteiger partial charge in [-0.05, 0) is 327 Å². The molecular weight excluding hydrogens is 1750 g/mol. The summed E-state index contributed by atoms with van der Waals surface area (Å²) in [6.07, 6.45) is 5.24. The summed E-state index contributed by atoms with van der Waals surface area (Å²) in [4.78, 5) is 7.05. The van der Waals surface area contributed by atoms with Crippen LogP contribution < -0.4 is 24.2 Å². The molecule has 5 nitrogen and oxygen atoms in total. The van der Waals surface area contributed by atoms with Gasteiger partial charge in [-0.1, -0.05) is 232 Å². The lowest BCUT2D eigenvalue weighted by Gasteiger charge is -2.28. The van der Waals surface area contributed by atoms with E-state index in [4.69, 9.17) is 9.47 Å². The first-order valence-corrected chi connectivity index (χ1v) is 42.6. The first-order chi connectivity index (χ1) is 53.5. The number of halogens is 6. The number of ether oxygens (including phenoxy) is 2. The molecule has 111 heavy (non-hydrogen) atoms. The summed E-state index contributed by atoms with van der Waals surface area (Å²) in [6, 6.07) is 109. The molecule has 0 amide bonds. The maximum atomic E-state index is 6.04. The van der Waals surface area contributed by atoms with E-state index in [1.54, 1.807) is 11.1 Å². The van der Waals surface area contributed by atoms with Crippen LogP contribution in [-0.2, 0) is 10.8 Å². The van der Waals surface area contributed by atoms with Gasteiger partial charge in [0.05, 0.1) is 17.1 Å². The zero-order valence-electron chi connectivity index (χ0n) is 62.8. The molecule has 19 rings (SSSR count). The van der Waals surface area contributed by atoms with E-state index in [0.29, 0.717) is 0 Å². The molecule has 2 unspecified atom stereocenters. The van der Waals surface area contributed by atoms with E-state index in [-0.39, 0.29) is 10.8 Å². The fourth-order valence-electron chi connectivity index (χ4n) is 17.7. The fourth-order valence-corrected chi connectivity index (χ4v) is 19.3. The van der Waals surface area contributed by atoms with Crippen molar-refractivity contribution in [3.8, 4) is 44.9 Å². The van der Waals surface area contributed by atoms with Gasteiger partial charge >= 0.3 is 0 Å². The van der Waals surface area contributed by atoms with Crippen molar-refractivity contribution in [3.05, 3.63) is 358 Å². The third kappa shape index (κ3) is 15.2. The molecule has 15 aromatic carbocycles. The highest BCUT2D eigenvalue weighted by molar-refractivity contribution is 9.11. The first-order valence-electron chi connectivity index (χ1n) is 37.9. The molecule has 3 aliphatic carbocycles. The standard InChI is InChI=1S/C35H31Br2N.C34H27Br2N.C31H23Br2NO2/c1-34(2)22-35(3,4)32-20-23(9-18-31(32)34)25-19-24-7-5-6-8-30(24)33(21-25)38(28-14-10-26(36)11-15-28)29-16-12-27(37)13-17-29;1-21-16-25(19-32-23-6-7-24(17-23)34(21)32)26-18-22-4-2-3-5-31(22)33(20-26)37(29-12-8-27(35)9-13-29)30-14-10-28(36)11-15-30;1-31(2)35-29-16-7-20(19-30(29)36-31)22-17-21-5-3-4-6-27(21)28(18-22)34(25-12-8-23(32)9-13-25)26-14-10-24(33)11-15-26/h5-21H,22H2,1-4H3;2-5,8-16,18-20,23-24H,6-7,17H2,1H3;3-19H,1-2H3. The Hall–Kier alpha value is -9.04. The number of rotatable bonds is 12. The minimum absolute atomic E-state index is 0.162. The van der Waals surface area contributed by atoms with Crippen LogP contribution in [0.15, 0.2) is 330 Å². The molecule has 1 fully saturated rings. The number of anilines is 9. The number of fused-ring (bicyclic) bond motifs is 10. The third-order valence-electron chi connectivity index (χ3n) is 22.5.